The fraction of sp³-hybridized carbons (Fsp3) is 0.222. The van der Waals surface area contributed by atoms with Gasteiger partial charge in [-0.1, -0.05) is 6.07 Å². The molecule has 0 spiro atoms. The Morgan fingerprint density at radius 2 is 2.27 bits per heavy atom. The molecule has 0 radical (unpaired) electrons. The lowest BCUT2D eigenvalue weighted by Crippen LogP contribution is -2.28. The van der Waals surface area contributed by atoms with Crippen molar-refractivity contribution in [2.45, 2.75) is 6.42 Å². The Hall–Kier alpha value is -2.11. The summed E-state index contributed by atoms with van der Waals surface area (Å²) in [5.74, 6) is 0.175. The highest BCUT2D eigenvalue weighted by Gasteiger charge is 2.14. The van der Waals surface area contributed by atoms with E-state index >= 15 is 0 Å². The van der Waals surface area contributed by atoms with Crippen LogP contribution in [0, 0.1) is 15.5 Å². The van der Waals surface area contributed by atoms with Crippen molar-refractivity contribution in [1.82, 2.24) is 5.32 Å². The zero-order valence-corrected chi connectivity index (χ0v) is 7.91. The number of benzene rings is 1. The van der Waals surface area contributed by atoms with Crippen molar-refractivity contribution >= 4 is 17.3 Å². The number of hydrogen-bond donors (Lipinski definition) is 3. The van der Waals surface area contributed by atoms with E-state index in [-0.39, 0.29) is 11.6 Å². The summed E-state index contributed by atoms with van der Waals surface area (Å²) in [6.07, 6.45) is 0.753. The van der Waals surface area contributed by atoms with Gasteiger partial charge in [0, 0.05) is 18.7 Å². The fourth-order valence-electron chi connectivity index (χ4n) is 1.51. The van der Waals surface area contributed by atoms with E-state index in [0.29, 0.717) is 12.2 Å². The van der Waals surface area contributed by atoms with Crippen LogP contribution in [0.3, 0.4) is 0 Å². The molecule has 0 aromatic heterocycles. The van der Waals surface area contributed by atoms with Gasteiger partial charge >= 0.3 is 0 Å². The van der Waals surface area contributed by atoms with E-state index in [1.54, 1.807) is 6.07 Å². The smallest absolute Gasteiger partial charge is 0.271 e. The van der Waals surface area contributed by atoms with E-state index in [1.807, 2.05) is 0 Å². The van der Waals surface area contributed by atoms with Gasteiger partial charge in [-0.15, -0.1) is 0 Å². The molecule has 0 fully saturated rings. The largest absolute Gasteiger partial charge is 0.356 e. The predicted molar refractivity (Wildman–Crippen MR) is 56.2 cm³/mol. The molecular weight excluding hydrogens is 196 g/mol. The van der Waals surface area contributed by atoms with Crippen LogP contribution in [-0.4, -0.2) is 17.4 Å². The zero-order chi connectivity index (χ0) is 10.8. The van der Waals surface area contributed by atoms with Gasteiger partial charge in [0.1, 0.15) is 0 Å². The molecule has 1 heterocycles. The molecule has 0 amide bonds. The number of non-ortho nitro benzene ring substituents is 1. The van der Waals surface area contributed by atoms with Crippen LogP contribution >= 0.6 is 0 Å². The fourth-order valence-corrected chi connectivity index (χ4v) is 1.51. The maximum absolute atomic E-state index is 10.6. The Balaban J connectivity index is 2.41. The van der Waals surface area contributed by atoms with Crippen LogP contribution in [0.5, 0.6) is 0 Å². The average Bonchev–Trinajstić information content (AvgIpc) is 2.37. The molecule has 3 N–H and O–H groups in total. The standard InChI is InChI=1S/C9H10N4O2/c10-9-11-4-3-6-1-2-7(13(14)15)5-8(6)12-9/h1-2,5H,3-4H2,(H3,10,11,12). The van der Waals surface area contributed by atoms with Crippen molar-refractivity contribution in [2.75, 3.05) is 11.9 Å². The quantitative estimate of drug-likeness (QED) is 0.473. The monoisotopic (exact) mass is 206 g/mol. The number of rotatable bonds is 1. The summed E-state index contributed by atoms with van der Waals surface area (Å²) < 4.78 is 0. The second kappa shape index (κ2) is 3.56. The molecule has 0 saturated heterocycles. The summed E-state index contributed by atoms with van der Waals surface area (Å²) in [6, 6.07) is 4.66. The van der Waals surface area contributed by atoms with Crippen LogP contribution in [-0.2, 0) is 6.42 Å². The lowest BCUT2D eigenvalue weighted by atomic mass is 10.1. The van der Waals surface area contributed by atoms with Gasteiger partial charge in [-0.2, -0.15) is 0 Å². The minimum absolute atomic E-state index is 0.0379. The summed E-state index contributed by atoms with van der Waals surface area (Å²) in [5.41, 5.74) is 1.66. The topological polar surface area (TPSA) is 91.0 Å². The average molecular weight is 206 g/mol. The van der Waals surface area contributed by atoms with Gasteiger partial charge in [0.05, 0.1) is 10.6 Å². The number of guanidine groups is 1. The van der Waals surface area contributed by atoms with Crippen molar-refractivity contribution in [1.29, 1.82) is 5.41 Å². The first-order chi connectivity index (χ1) is 7.16. The zero-order valence-electron chi connectivity index (χ0n) is 7.91. The summed E-state index contributed by atoms with van der Waals surface area (Å²) in [5, 5.41) is 23.6. The highest BCUT2D eigenvalue weighted by atomic mass is 16.6. The Morgan fingerprint density at radius 3 is 3.00 bits per heavy atom. The number of nitrogens with one attached hydrogen (secondary N) is 3. The molecule has 0 atom stereocenters. The van der Waals surface area contributed by atoms with Gasteiger partial charge in [-0.25, -0.2) is 0 Å². The lowest BCUT2D eigenvalue weighted by molar-refractivity contribution is -0.384. The maximum atomic E-state index is 10.6. The lowest BCUT2D eigenvalue weighted by Gasteiger charge is -2.06. The number of hydrogen-bond acceptors (Lipinski definition) is 3. The van der Waals surface area contributed by atoms with Gasteiger partial charge in [0.2, 0.25) is 0 Å². The van der Waals surface area contributed by atoms with Crippen molar-refractivity contribution in [2.24, 2.45) is 0 Å². The minimum atomic E-state index is -0.441. The third-order valence-electron chi connectivity index (χ3n) is 2.26. The second-order valence-corrected chi connectivity index (χ2v) is 3.28. The van der Waals surface area contributed by atoms with Crippen LogP contribution < -0.4 is 10.6 Å². The summed E-state index contributed by atoms with van der Waals surface area (Å²) >= 11 is 0. The number of nitro benzene ring substituents is 1. The first-order valence-electron chi connectivity index (χ1n) is 4.53. The van der Waals surface area contributed by atoms with Crippen LogP contribution in [0.25, 0.3) is 0 Å². The summed E-state index contributed by atoms with van der Waals surface area (Å²) in [7, 11) is 0. The highest BCUT2D eigenvalue weighted by molar-refractivity contribution is 5.93. The number of nitro groups is 1. The van der Waals surface area contributed by atoms with Crippen molar-refractivity contribution < 1.29 is 4.92 Å². The second-order valence-electron chi connectivity index (χ2n) is 3.28. The van der Waals surface area contributed by atoms with E-state index in [4.69, 9.17) is 5.41 Å². The summed E-state index contributed by atoms with van der Waals surface area (Å²) in [4.78, 5) is 10.1. The molecule has 1 aromatic rings. The van der Waals surface area contributed by atoms with Crippen LogP contribution in [0.1, 0.15) is 5.56 Å². The first kappa shape index (κ1) is 9.45. The third-order valence-corrected chi connectivity index (χ3v) is 2.26. The summed E-state index contributed by atoms with van der Waals surface area (Å²) in [6.45, 7) is 0.663. The Kier molecular flexibility index (Phi) is 2.24. The van der Waals surface area contributed by atoms with Gasteiger partial charge in [0.15, 0.2) is 5.96 Å². The SMILES string of the molecule is N=C1NCCc2ccc([N+](=O)[O-])cc2N1. The van der Waals surface area contributed by atoms with Crippen LogP contribution in [0.2, 0.25) is 0 Å². The Bertz CT molecular complexity index is 430. The third kappa shape index (κ3) is 1.88. The molecule has 15 heavy (non-hydrogen) atoms. The molecule has 0 saturated carbocycles. The molecule has 0 aliphatic carbocycles. The molecular formula is C9H10N4O2. The Labute approximate surface area is 86.0 Å². The number of nitrogens with zero attached hydrogens (tertiary/aromatic N) is 1. The molecule has 0 bridgehead atoms. The maximum Gasteiger partial charge on any atom is 0.271 e. The van der Waals surface area contributed by atoms with E-state index in [2.05, 4.69) is 10.6 Å². The molecule has 1 aliphatic heterocycles. The molecule has 2 rings (SSSR count). The highest BCUT2D eigenvalue weighted by Crippen LogP contribution is 2.23. The van der Waals surface area contributed by atoms with Crippen LogP contribution in [0.15, 0.2) is 18.2 Å². The minimum Gasteiger partial charge on any atom is -0.356 e. The molecule has 6 heteroatoms. The van der Waals surface area contributed by atoms with Crippen molar-refractivity contribution in [3.63, 3.8) is 0 Å². The van der Waals surface area contributed by atoms with E-state index in [0.717, 1.165) is 12.0 Å². The van der Waals surface area contributed by atoms with E-state index in [1.165, 1.54) is 12.1 Å². The van der Waals surface area contributed by atoms with E-state index in [9.17, 15) is 10.1 Å². The van der Waals surface area contributed by atoms with Gasteiger partial charge in [-0.3, -0.25) is 15.5 Å². The Morgan fingerprint density at radius 1 is 1.47 bits per heavy atom. The van der Waals surface area contributed by atoms with Crippen LogP contribution in [0.4, 0.5) is 11.4 Å². The van der Waals surface area contributed by atoms with Gasteiger partial charge in [0.25, 0.3) is 5.69 Å². The number of anilines is 1. The molecule has 1 aromatic carbocycles. The van der Waals surface area contributed by atoms with Crippen molar-refractivity contribution in [3.05, 3.63) is 33.9 Å². The normalized spacial score (nSPS) is 14.5. The molecule has 0 unspecified atom stereocenters. The molecule has 6 nitrogen and oxygen atoms in total. The van der Waals surface area contributed by atoms with Gasteiger partial charge < -0.3 is 10.6 Å². The van der Waals surface area contributed by atoms with E-state index < -0.39 is 4.92 Å². The predicted octanol–water partition coefficient (Wildman–Crippen LogP) is 1.09. The first-order valence-corrected chi connectivity index (χ1v) is 4.53. The van der Waals surface area contributed by atoms with Gasteiger partial charge in [-0.05, 0) is 12.0 Å². The molecule has 78 valence electrons. The molecule has 1 aliphatic rings. The number of fused-ring (bicyclic) bond motifs is 1. The van der Waals surface area contributed by atoms with Crippen molar-refractivity contribution in [3.8, 4) is 0 Å².